The molecule has 1 N–H and O–H groups in total. The van der Waals surface area contributed by atoms with Crippen molar-refractivity contribution in [1.82, 2.24) is 4.57 Å². The number of fused-ring (bicyclic) bond motifs is 1. The van der Waals surface area contributed by atoms with Crippen LogP contribution in [0.3, 0.4) is 0 Å². The van der Waals surface area contributed by atoms with Crippen LogP contribution in [-0.2, 0) is 19.6 Å². The van der Waals surface area contributed by atoms with Crippen molar-refractivity contribution in [2.24, 2.45) is 7.05 Å². The Morgan fingerprint density at radius 2 is 1.89 bits per heavy atom. The highest BCUT2D eigenvalue weighted by atomic mass is 35.5. The van der Waals surface area contributed by atoms with Gasteiger partial charge in [0.15, 0.2) is 0 Å². The van der Waals surface area contributed by atoms with Gasteiger partial charge in [-0.1, -0.05) is 11.6 Å². The van der Waals surface area contributed by atoms with Crippen LogP contribution >= 0.6 is 11.6 Å². The van der Waals surface area contributed by atoms with Crippen LogP contribution < -0.4 is 10.3 Å². The Balaban J connectivity index is 2.54. The maximum absolute atomic E-state index is 13.3. The molecule has 0 atom stereocenters. The quantitative estimate of drug-likeness (QED) is 0.691. The highest BCUT2D eigenvalue weighted by Crippen LogP contribution is 2.40. The zero-order valence-electron chi connectivity index (χ0n) is 15.1. The lowest BCUT2D eigenvalue weighted by atomic mass is 9.92. The lowest BCUT2D eigenvalue weighted by Crippen LogP contribution is -2.24. The van der Waals surface area contributed by atoms with E-state index < -0.39 is 17.3 Å². The molecule has 1 heterocycles. The number of benzene rings is 2. The van der Waals surface area contributed by atoms with Gasteiger partial charge in [-0.25, -0.2) is 0 Å². The number of rotatable bonds is 4. The Morgan fingerprint density at radius 1 is 1.18 bits per heavy atom. The Hall–Kier alpha value is -2.51. The topological polar surface area (TPSA) is 51.5 Å². The first-order valence-electron chi connectivity index (χ1n) is 8.36. The highest BCUT2D eigenvalue weighted by molar-refractivity contribution is 6.31. The SMILES string of the molecule is COc1ccc(Cl)cc1-c1c(CCO)c(=O)n(C)c2ccc(C(F)(F)F)cc12. The molecule has 4 nitrogen and oxygen atoms in total. The minimum Gasteiger partial charge on any atom is -0.496 e. The molecule has 0 radical (unpaired) electrons. The molecular formula is C20H17ClF3NO3. The van der Waals surface area contributed by atoms with Crippen molar-refractivity contribution in [3.05, 3.63) is 62.9 Å². The van der Waals surface area contributed by atoms with Gasteiger partial charge in [0.25, 0.3) is 5.56 Å². The van der Waals surface area contributed by atoms with Gasteiger partial charge in [0, 0.05) is 47.2 Å². The van der Waals surface area contributed by atoms with Crippen LogP contribution in [0.25, 0.3) is 22.0 Å². The standard InChI is InChI=1S/C20H17ClF3NO3/c1-25-16-5-3-11(20(22,23)24)9-14(16)18(13(7-8-26)19(25)27)15-10-12(21)4-6-17(15)28-2/h3-6,9-10,26H,7-8H2,1-2H3. The van der Waals surface area contributed by atoms with Gasteiger partial charge in [-0.2, -0.15) is 13.2 Å². The van der Waals surface area contributed by atoms with E-state index in [0.29, 0.717) is 21.9 Å². The lowest BCUT2D eigenvalue weighted by molar-refractivity contribution is -0.137. The molecule has 2 aromatic carbocycles. The minimum absolute atomic E-state index is 0.0239. The van der Waals surface area contributed by atoms with Crippen LogP contribution in [-0.4, -0.2) is 23.4 Å². The van der Waals surface area contributed by atoms with Crippen LogP contribution in [0.15, 0.2) is 41.2 Å². The molecular weight excluding hydrogens is 395 g/mol. The fourth-order valence-corrected chi connectivity index (χ4v) is 3.49. The zero-order valence-corrected chi connectivity index (χ0v) is 15.9. The van der Waals surface area contributed by atoms with Crippen LogP contribution in [0.5, 0.6) is 5.75 Å². The monoisotopic (exact) mass is 411 g/mol. The van der Waals surface area contributed by atoms with E-state index >= 15 is 0 Å². The summed E-state index contributed by atoms with van der Waals surface area (Å²) in [6.45, 7) is -0.338. The Labute approximate surface area is 163 Å². The van der Waals surface area contributed by atoms with Crippen molar-refractivity contribution in [2.75, 3.05) is 13.7 Å². The number of aromatic nitrogens is 1. The predicted molar refractivity (Wildman–Crippen MR) is 102 cm³/mol. The molecule has 3 aromatic rings. The number of aliphatic hydroxyl groups excluding tert-OH is 1. The summed E-state index contributed by atoms with van der Waals surface area (Å²) in [5.74, 6) is 0.357. The summed E-state index contributed by atoms with van der Waals surface area (Å²) >= 11 is 6.11. The van der Waals surface area contributed by atoms with E-state index in [1.165, 1.54) is 30.9 Å². The molecule has 0 aliphatic rings. The summed E-state index contributed by atoms with van der Waals surface area (Å²) in [5, 5.41) is 10.0. The average molecular weight is 412 g/mol. The van der Waals surface area contributed by atoms with Gasteiger partial charge < -0.3 is 14.4 Å². The summed E-state index contributed by atoms with van der Waals surface area (Å²) in [6.07, 6.45) is -4.57. The molecule has 0 amide bonds. The Bertz CT molecular complexity index is 1110. The van der Waals surface area contributed by atoms with E-state index in [4.69, 9.17) is 16.3 Å². The summed E-state index contributed by atoms with van der Waals surface area (Å²) in [5.41, 5.74) is -0.0543. The largest absolute Gasteiger partial charge is 0.496 e. The third-order valence-corrected chi connectivity index (χ3v) is 4.85. The molecule has 0 unspecified atom stereocenters. The number of nitrogens with zero attached hydrogens (tertiary/aromatic N) is 1. The van der Waals surface area contributed by atoms with Crippen molar-refractivity contribution < 1.29 is 23.0 Å². The molecule has 0 aliphatic carbocycles. The number of hydrogen-bond donors (Lipinski definition) is 1. The van der Waals surface area contributed by atoms with Gasteiger partial charge >= 0.3 is 6.18 Å². The van der Waals surface area contributed by atoms with Crippen molar-refractivity contribution >= 4 is 22.5 Å². The first kappa shape index (κ1) is 20.2. The van der Waals surface area contributed by atoms with Gasteiger partial charge in [0.1, 0.15) is 5.75 Å². The predicted octanol–water partition coefficient (Wildman–Crippen LogP) is 4.42. The van der Waals surface area contributed by atoms with E-state index in [0.717, 1.165) is 12.1 Å². The second-order valence-corrected chi connectivity index (χ2v) is 6.70. The van der Waals surface area contributed by atoms with Gasteiger partial charge in [-0.3, -0.25) is 4.79 Å². The van der Waals surface area contributed by atoms with Crippen LogP contribution in [0.4, 0.5) is 13.2 Å². The van der Waals surface area contributed by atoms with E-state index in [1.807, 2.05) is 0 Å². The van der Waals surface area contributed by atoms with Crippen LogP contribution in [0, 0.1) is 0 Å². The molecule has 0 saturated carbocycles. The molecule has 0 saturated heterocycles. The van der Waals surface area contributed by atoms with E-state index in [2.05, 4.69) is 0 Å². The maximum atomic E-state index is 13.3. The summed E-state index contributed by atoms with van der Waals surface area (Å²) < 4.78 is 46.6. The number of hydrogen-bond acceptors (Lipinski definition) is 3. The van der Waals surface area contributed by atoms with Crippen molar-refractivity contribution in [2.45, 2.75) is 12.6 Å². The number of alkyl halides is 3. The fraction of sp³-hybridized carbons (Fsp3) is 0.250. The average Bonchev–Trinajstić information content (AvgIpc) is 2.65. The number of ether oxygens (including phenoxy) is 1. The first-order valence-corrected chi connectivity index (χ1v) is 8.74. The lowest BCUT2D eigenvalue weighted by Gasteiger charge is -2.19. The first-order chi connectivity index (χ1) is 13.2. The number of aliphatic hydroxyl groups is 1. The highest BCUT2D eigenvalue weighted by Gasteiger charge is 2.31. The second kappa shape index (κ2) is 7.48. The molecule has 0 spiro atoms. The fourth-order valence-electron chi connectivity index (χ4n) is 3.31. The number of methoxy groups -OCH3 is 1. The molecule has 148 valence electrons. The number of aryl methyl sites for hydroxylation is 1. The smallest absolute Gasteiger partial charge is 0.416 e. The normalized spacial score (nSPS) is 11.8. The van der Waals surface area contributed by atoms with Gasteiger partial charge in [-0.15, -0.1) is 0 Å². The molecule has 0 fully saturated rings. The molecule has 3 rings (SSSR count). The molecule has 0 aliphatic heterocycles. The minimum atomic E-state index is -4.55. The summed E-state index contributed by atoms with van der Waals surface area (Å²) in [7, 11) is 2.90. The van der Waals surface area contributed by atoms with Gasteiger partial charge in [0.05, 0.1) is 18.2 Å². The van der Waals surface area contributed by atoms with Crippen molar-refractivity contribution in [3.8, 4) is 16.9 Å². The number of halogens is 4. The van der Waals surface area contributed by atoms with Gasteiger partial charge in [-0.05, 0) is 36.4 Å². The maximum Gasteiger partial charge on any atom is 0.416 e. The molecule has 8 heteroatoms. The Morgan fingerprint density at radius 3 is 2.50 bits per heavy atom. The third kappa shape index (κ3) is 3.47. The van der Waals surface area contributed by atoms with E-state index in [1.54, 1.807) is 12.1 Å². The van der Waals surface area contributed by atoms with E-state index in [-0.39, 0.29) is 29.5 Å². The third-order valence-electron chi connectivity index (χ3n) is 4.61. The van der Waals surface area contributed by atoms with Crippen LogP contribution in [0.2, 0.25) is 5.02 Å². The van der Waals surface area contributed by atoms with Crippen LogP contribution in [0.1, 0.15) is 11.1 Å². The summed E-state index contributed by atoms with van der Waals surface area (Å²) in [6, 6.07) is 7.91. The van der Waals surface area contributed by atoms with Gasteiger partial charge in [0.2, 0.25) is 0 Å². The second-order valence-electron chi connectivity index (χ2n) is 6.27. The van der Waals surface area contributed by atoms with Crippen molar-refractivity contribution in [1.29, 1.82) is 0 Å². The number of pyridine rings is 1. The summed E-state index contributed by atoms with van der Waals surface area (Å²) in [4.78, 5) is 12.9. The van der Waals surface area contributed by atoms with E-state index in [9.17, 15) is 23.1 Å². The van der Waals surface area contributed by atoms with Crippen molar-refractivity contribution in [3.63, 3.8) is 0 Å². The molecule has 1 aromatic heterocycles. The Kier molecular flexibility index (Phi) is 5.41. The zero-order chi connectivity index (χ0) is 20.6. The molecule has 0 bridgehead atoms. The molecule has 28 heavy (non-hydrogen) atoms.